The van der Waals surface area contributed by atoms with Crippen molar-refractivity contribution < 1.29 is 9.53 Å². The molecular formula is C14H19BrN2O2. The molecule has 0 aliphatic carbocycles. The Labute approximate surface area is 122 Å². The summed E-state index contributed by atoms with van der Waals surface area (Å²) < 4.78 is 6.55. The SMILES string of the molecule is CC(C(=O)NCCOc1cccc(Br)c1)C1CNC1. The van der Waals surface area contributed by atoms with Crippen molar-refractivity contribution in [3.63, 3.8) is 0 Å². The van der Waals surface area contributed by atoms with Crippen LogP contribution in [-0.4, -0.2) is 32.1 Å². The lowest BCUT2D eigenvalue weighted by Gasteiger charge is -2.31. The maximum absolute atomic E-state index is 11.8. The summed E-state index contributed by atoms with van der Waals surface area (Å²) in [5.41, 5.74) is 0. The molecule has 0 spiro atoms. The van der Waals surface area contributed by atoms with Crippen molar-refractivity contribution >= 4 is 21.8 Å². The summed E-state index contributed by atoms with van der Waals surface area (Å²) in [7, 11) is 0. The Kier molecular flexibility index (Phi) is 5.22. The maximum Gasteiger partial charge on any atom is 0.223 e. The molecule has 1 aromatic carbocycles. The van der Waals surface area contributed by atoms with Gasteiger partial charge in [0.05, 0.1) is 6.54 Å². The molecule has 1 atom stereocenters. The van der Waals surface area contributed by atoms with Crippen LogP contribution in [0.1, 0.15) is 6.92 Å². The van der Waals surface area contributed by atoms with E-state index in [1.54, 1.807) is 0 Å². The van der Waals surface area contributed by atoms with E-state index in [0.29, 0.717) is 19.1 Å². The van der Waals surface area contributed by atoms with Crippen LogP contribution in [-0.2, 0) is 4.79 Å². The minimum atomic E-state index is 0.0760. The molecule has 1 aliphatic heterocycles. The highest BCUT2D eigenvalue weighted by Crippen LogP contribution is 2.17. The maximum atomic E-state index is 11.8. The molecule has 5 heteroatoms. The number of halogens is 1. The van der Waals surface area contributed by atoms with E-state index in [2.05, 4.69) is 26.6 Å². The van der Waals surface area contributed by atoms with Crippen LogP contribution in [0.3, 0.4) is 0 Å². The Morgan fingerprint density at radius 1 is 1.58 bits per heavy atom. The highest BCUT2D eigenvalue weighted by molar-refractivity contribution is 9.10. The van der Waals surface area contributed by atoms with Gasteiger partial charge in [0.25, 0.3) is 0 Å². The number of carbonyl (C=O) groups is 1. The Balaban J connectivity index is 1.64. The van der Waals surface area contributed by atoms with Crippen LogP contribution < -0.4 is 15.4 Å². The average molecular weight is 327 g/mol. The summed E-state index contributed by atoms with van der Waals surface area (Å²) in [6.45, 7) is 4.90. The average Bonchev–Trinajstić information content (AvgIpc) is 2.32. The van der Waals surface area contributed by atoms with Crippen LogP contribution >= 0.6 is 15.9 Å². The molecule has 0 bridgehead atoms. The van der Waals surface area contributed by atoms with Gasteiger partial charge in [0, 0.05) is 10.4 Å². The lowest BCUT2D eigenvalue weighted by atomic mass is 9.88. The summed E-state index contributed by atoms with van der Waals surface area (Å²) in [4.78, 5) is 11.8. The van der Waals surface area contributed by atoms with E-state index in [9.17, 15) is 4.79 Å². The summed E-state index contributed by atoms with van der Waals surface area (Å²) >= 11 is 3.39. The highest BCUT2D eigenvalue weighted by Gasteiger charge is 2.28. The molecule has 1 amide bonds. The van der Waals surface area contributed by atoms with Gasteiger partial charge in [-0.3, -0.25) is 4.79 Å². The summed E-state index contributed by atoms with van der Waals surface area (Å²) in [6.07, 6.45) is 0. The molecule has 2 N–H and O–H groups in total. The van der Waals surface area contributed by atoms with Crippen LogP contribution in [0.25, 0.3) is 0 Å². The van der Waals surface area contributed by atoms with Crippen LogP contribution in [0.15, 0.2) is 28.7 Å². The number of hydrogen-bond acceptors (Lipinski definition) is 3. The molecular weight excluding hydrogens is 308 g/mol. The zero-order valence-corrected chi connectivity index (χ0v) is 12.6. The highest BCUT2D eigenvalue weighted by atomic mass is 79.9. The molecule has 0 saturated carbocycles. The number of hydrogen-bond donors (Lipinski definition) is 2. The third-order valence-corrected chi connectivity index (χ3v) is 3.89. The first-order valence-electron chi connectivity index (χ1n) is 6.53. The monoisotopic (exact) mass is 326 g/mol. The van der Waals surface area contributed by atoms with Gasteiger partial charge in [-0.25, -0.2) is 0 Å². The first kappa shape index (κ1) is 14.3. The van der Waals surface area contributed by atoms with Crippen molar-refractivity contribution in [2.24, 2.45) is 11.8 Å². The van der Waals surface area contributed by atoms with Crippen LogP contribution in [0.4, 0.5) is 0 Å². The Hall–Kier alpha value is -1.07. The van der Waals surface area contributed by atoms with E-state index in [1.165, 1.54) is 0 Å². The molecule has 0 radical (unpaired) electrons. The predicted octanol–water partition coefficient (Wildman–Crippen LogP) is 1.80. The fourth-order valence-electron chi connectivity index (χ4n) is 1.94. The van der Waals surface area contributed by atoms with Gasteiger partial charge in [-0.2, -0.15) is 0 Å². The minimum absolute atomic E-state index is 0.0760. The number of ether oxygens (including phenoxy) is 1. The fourth-order valence-corrected chi connectivity index (χ4v) is 2.32. The van der Waals surface area contributed by atoms with Gasteiger partial charge >= 0.3 is 0 Å². The minimum Gasteiger partial charge on any atom is -0.492 e. The zero-order chi connectivity index (χ0) is 13.7. The van der Waals surface area contributed by atoms with E-state index >= 15 is 0 Å². The quantitative estimate of drug-likeness (QED) is 0.784. The smallest absolute Gasteiger partial charge is 0.223 e. The van der Waals surface area contributed by atoms with Crippen molar-refractivity contribution in [3.05, 3.63) is 28.7 Å². The number of amides is 1. The number of nitrogens with one attached hydrogen (secondary N) is 2. The van der Waals surface area contributed by atoms with Crippen molar-refractivity contribution in [2.75, 3.05) is 26.2 Å². The molecule has 0 aromatic heterocycles. The van der Waals surface area contributed by atoms with Crippen molar-refractivity contribution in [3.8, 4) is 5.75 Å². The fraction of sp³-hybridized carbons (Fsp3) is 0.500. The van der Waals surface area contributed by atoms with E-state index in [1.807, 2.05) is 31.2 Å². The largest absolute Gasteiger partial charge is 0.492 e. The number of rotatable bonds is 6. The van der Waals surface area contributed by atoms with Gasteiger partial charge in [-0.05, 0) is 37.2 Å². The summed E-state index contributed by atoms with van der Waals surface area (Å²) in [5, 5.41) is 6.09. The molecule has 19 heavy (non-hydrogen) atoms. The molecule has 1 heterocycles. The second-order valence-corrected chi connectivity index (χ2v) is 5.72. The molecule has 1 aliphatic rings. The van der Waals surface area contributed by atoms with Gasteiger partial charge in [0.2, 0.25) is 5.91 Å². The van der Waals surface area contributed by atoms with E-state index in [-0.39, 0.29) is 11.8 Å². The van der Waals surface area contributed by atoms with Crippen molar-refractivity contribution in [1.29, 1.82) is 0 Å². The second-order valence-electron chi connectivity index (χ2n) is 4.80. The second kappa shape index (κ2) is 6.91. The third-order valence-electron chi connectivity index (χ3n) is 3.40. The lowest BCUT2D eigenvalue weighted by Crippen LogP contribution is -2.49. The predicted molar refractivity (Wildman–Crippen MR) is 78.2 cm³/mol. The van der Waals surface area contributed by atoms with E-state index in [0.717, 1.165) is 23.3 Å². The standard InChI is InChI=1S/C14H19BrN2O2/c1-10(11-8-16-9-11)14(18)17-5-6-19-13-4-2-3-12(15)7-13/h2-4,7,10-11,16H,5-6,8-9H2,1H3,(H,17,18). The molecule has 1 fully saturated rings. The van der Waals surface area contributed by atoms with Gasteiger partial charge in [0.15, 0.2) is 0 Å². The van der Waals surface area contributed by atoms with Gasteiger partial charge in [0.1, 0.15) is 12.4 Å². The number of benzene rings is 1. The van der Waals surface area contributed by atoms with Crippen LogP contribution in [0.5, 0.6) is 5.75 Å². The Morgan fingerprint density at radius 2 is 2.37 bits per heavy atom. The molecule has 1 aromatic rings. The molecule has 2 rings (SSSR count). The van der Waals surface area contributed by atoms with Gasteiger partial charge < -0.3 is 15.4 Å². The summed E-state index contributed by atoms with van der Waals surface area (Å²) in [5.74, 6) is 1.47. The van der Waals surface area contributed by atoms with Gasteiger partial charge in [-0.15, -0.1) is 0 Å². The Bertz CT molecular complexity index is 435. The van der Waals surface area contributed by atoms with Gasteiger partial charge in [-0.1, -0.05) is 28.9 Å². The van der Waals surface area contributed by atoms with Crippen LogP contribution in [0.2, 0.25) is 0 Å². The zero-order valence-electron chi connectivity index (χ0n) is 11.0. The lowest BCUT2D eigenvalue weighted by molar-refractivity contribution is -0.126. The Morgan fingerprint density at radius 3 is 3.00 bits per heavy atom. The first-order valence-corrected chi connectivity index (χ1v) is 7.33. The van der Waals surface area contributed by atoms with Crippen molar-refractivity contribution in [1.82, 2.24) is 10.6 Å². The van der Waals surface area contributed by atoms with Crippen molar-refractivity contribution in [2.45, 2.75) is 6.92 Å². The number of carbonyl (C=O) groups excluding carboxylic acids is 1. The molecule has 1 unspecified atom stereocenters. The topological polar surface area (TPSA) is 50.4 Å². The summed E-state index contributed by atoms with van der Waals surface area (Å²) in [6, 6.07) is 7.67. The molecule has 4 nitrogen and oxygen atoms in total. The molecule has 1 saturated heterocycles. The third kappa shape index (κ3) is 4.21. The van der Waals surface area contributed by atoms with Crippen LogP contribution in [0, 0.1) is 11.8 Å². The normalized spacial score (nSPS) is 16.5. The van der Waals surface area contributed by atoms with E-state index < -0.39 is 0 Å². The van der Waals surface area contributed by atoms with E-state index in [4.69, 9.17) is 4.74 Å². The molecule has 104 valence electrons. The first-order chi connectivity index (χ1) is 9.16.